The van der Waals surface area contributed by atoms with Crippen molar-refractivity contribution in [3.05, 3.63) is 33.4 Å². The summed E-state index contributed by atoms with van der Waals surface area (Å²) >= 11 is 0. The van der Waals surface area contributed by atoms with Gasteiger partial charge in [0.25, 0.3) is 5.69 Å². The van der Waals surface area contributed by atoms with Crippen LogP contribution in [0.4, 0.5) is 11.4 Å². The predicted octanol–water partition coefficient (Wildman–Crippen LogP) is 1.20. The zero-order valence-electron chi connectivity index (χ0n) is 9.02. The highest BCUT2D eigenvalue weighted by molar-refractivity contribution is 5.78. The first-order valence-electron chi connectivity index (χ1n) is 4.56. The second-order valence-electron chi connectivity index (χ2n) is 3.31. The van der Waals surface area contributed by atoms with Gasteiger partial charge in [0.15, 0.2) is 0 Å². The summed E-state index contributed by atoms with van der Waals surface area (Å²) in [5, 5.41) is 10.9. The van der Waals surface area contributed by atoms with Gasteiger partial charge in [0.1, 0.15) is 0 Å². The molecular formula is C10H12N2O4. The summed E-state index contributed by atoms with van der Waals surface area (Å²) in [5.41, 5.74) is 6.40. The van der Waals surface area contributed by atoms with E-state index in [-0.39, 0.29) is 23.4 Å². The molecule has 6 nitrogen and oxygen atoms in total. The Kier molecular flexibility index (Phi) is 3.44. The summed E-state index contributed by atoms with van der Waals surface area (Å²) in [4.78, 5) is 21.4. The molecule has 0 bridgehead atoms. The fourth-order valence-electron chi connectivity index (χ4n) is 1.43. The van der Waals surface area contributed by atoms with Crippen LogP contribution in [0.25, 0.3) is 0 Å². The standard InChI is InChI=1S/C10H12N2O4/c1-6-3-4-8(11)7(5-9(13)16-2)10(6)12(14)15/h3-4H,5,11H2,1-2H3. The van der Waals surface area contributed by atoms with E-state index in [4.69, 9.17) is 5.73 Å². The molecule has 0 aliphatic carbocycles. The molecule has 0 aromatic heterocycles. The minimum Gasteiger partial charge on any atom is -0.469 e. The van der Waals surface area contributed by atoms with E-state index >= 15 is 0 Å². The van der Waals surface area contributed by atoms with E-state index in [1.807, 2.05) is 0 Å². The van der Waals surface area contributed by atoms with E-state index < -0.39 is 10.9 Å². The third-order valence-electron chi connectivity index (χ3n) is 2.25. The maximum absolute atomic E-state index is 11.1. The van der Waals surface area contributed by atoms with E-state index in [0.29, 0.717) is 5.56 Å². The number of carbonyl (C=O) groups excluding carboxylic acids is 1. The number of nitro groups is 1. The molecule has 0 amide bonds. The van der Waals surface area contributed by atoms with Gasteiger partial charge in [-0.3, -0.25) is 14.9 Å². The first kappa shape index (κ1) is 12.0. The third kappa shape index (κ3) is 2.28. The average Bonchev–Trinajstić information content (AvgIpc) is 2.22. The predicted molar refractivity (Wildman–Crippen MR) is 58.0 cm³/mol. The highest BCUT2D eigenvalue weighted by Crippen LogP contribution is 2.28. The number of esters is 1. The highest BCUT2D eigenvalue weighted by atomic mass is 16.6. The molecule has 0 atom stereocenters. The minimum absolute atomic E-state index is 0.120. The summed E-state index contributed by atoms with van der Waals surface area (Å²) in [6.45, 7) is 1.60. The molecular weight excluding hydrogens is 212 g/mol. The number of nitro benzene ring substituents is 1. The number of methoxy groups -OCH3 is 1. The molecule has 6 heteroatoms. The van der Waals surface area contributed by atoms with E-state index in [2.05, 4.69) is 4.74 Å². The molecule has 0 radical (unpaired) electrons. The number of rotatable bonds is 3. The fourth-order valence-corrected chi connectivity index (χ4v) is 1.43. The molecule has 2 N–H and O–H groups in total. The lowest BCUT2D eigenvalue weighted by Gasteiger charge is -2.07. The maximum atomic E-state index is 11.1. The lowest BCUT2D eigenvalue weighted by Crippen LogP contribution is -2.10. The number of nitrogens with two attached hydrogens (primary N) is 1. The van der Waals surface area contributed by atoms with Crippen LogP contribution in [0, 0.1) is 17.0 Å². The van der Waals surface area contributed by atoms with Crippen molar-refractivity contribution in [3.63, 3.8) is 0 Å². The van der Waals surface area contributed by atoms with Gasteiger partial charge in [0.05, 0.1) is 24.0 Å². The number of anilines is 1. The summed E-state index contributed by atoms with van der Waals surface area (Å²) < 4.78 is 4.47. The van der Waals surface area contributed by atoms with Gasteiger partial charge in [-0.15, -0.1) is 0 Å². The lowest BCUT2D eigenvalue weighted by molar-refractivity contribution is -0.386. The summed E-state index contributed by atoms with van der Waals surface area (Å²) in [6, 6.07) is 3.09. The first-order valence-corrected chi connectivity index (χ1v) is 4.56. The zero-order valence-corrected chi connectivity index (χ0v) is 9.02. The van der Waals surface area contributed by atoms with Crippen molar-refractivity contribution in [2.24, 2.45) is 0 Å². The van der Waals surface area contributed by atoms with Gasteiger partial charge >= 0.3 is 5.97 Å². The normalized spacial score (nSPS) is 9.88. The number of benzene rings is 1. The molecule has 0 unspecified atom stereocenters. The Hall–Kier alpha value is -2.11. The van der Waals surface area contributed by atoms with Crippen molar-refractivity contribution >= 4 is 17.3 Å². The Morgan fingerprint density at radius 2 is 2.19 bits per heavy atom. The van der Waals surface area contributed by atoms with Gasteiger partial charge in [-0.2, -0.15) is 0 Å². The molecule has 1 aromatic rings. The Balaban J connectivity index is 3.28. The second kappa shape index (κ2) is 4.61. The fraction of sp³-hybridized carbons (Fsp3) is 0.300. The smallest absolute Gasteiger partial charge is 0.310 e. The molecule has 86 valence electrons. The molecule has 16 heavy (non-hydrogen) atoms. The monoisotopic (exact) mass is 224 g/mol. The minimum atomic E-state index is -0.555. The van der Waals surface area contributed by atoms with Crippen LogP contribution >= 0.6 is 0 Å². The van der Waals surface area contributed by atoms with E-state index in [9.17, 15) is 14.9 Å². The number of hydrogen-bond donors (Lipinski definition) is 1. The lowest BCUT2D eigenvalue weighted by atomic mass is 10.0. The van der Waals surface area contributed by atoms with Gasteiger partial charge in [-0.05, 0) is 13.0 Å². The number of nitrogens with zero attached hydrogens (tertiary/aromatic N) is 1. The molecule has 0 aliphatic heterocycles. The van der Waals surface area contributed by atoms with Crippen molar-refractivity contribution in [2.75, 3.05) is 12.8 Å². The second-order valence-corrected chi connectivity index (χ2v) is 3.31. The molecule has 0 heterocycles. The first-order chi connectivity index (χ1) is 7.47. The van der Waals surface area contributed by atoms with Crippen molar-refractivity contribution in [3.8, 4) is 0 Å². The Morgan fingerprint density at radius 3 is 2.69 bits per heavy atom. The van der Waals surface area contributed by atoms with Crippen LogP contribution in [0.5, 0.6) is 0 Å². The SMILES string of the molecule is COC(=O)Cc1c(N)ccc(C)c1[N+](=O)[O-]. The van der Waals surface area contributed by atoms with Crippen LogP contribution in [0.15, 0.2) is 12.1 Å². The van der Waals surface area contributed by atoms with Crippen LogP contribution in [0.2, 0.25) is 0 Å². The van der Waals surface area contributed by atoms with Gasteiger partial charge in [0.2, 0.25) is 0 Å². The molecule has 0 aliphatic rings. The number of carbonyl (C=O) groups is 1. The number of hydrogen-bond acceptors (Lipinski definition) is 5. The van der Waals surface area contributed by atoms with E-state index in [1.165, 1.54) is 7.11 Å². The largest absolute Gasteiger partial charge is 0.469 e. The molecule has 0 saturated carbocycles. The van der Waals surface area contributed by atoms with Gasteiger partial charge < -0.3 is 10.5 Å². The third-order valence-corrected chi connectivity index (χ3v) is 2.25. The number of ether oxygens (including phenoxy) is 1. The van der Waals surface area contributed by atoms with Gasteiger partial charge in [-0.25, -0.2) is 0 Å². The van der Waals surface area contributed by atoms with E-state index in [0.717, 1.165) is 0 Å². The van der Waals surface area contributed by atoms with Gasteiger partial charge in [0, 0.05) is 11.3 Å². The summed E-state index contributed by atoms with van der Waals surface area (Å²) in [5.74, 6) is -0.555. The van der Waals surface area contributed by atoms with Crippen molar-refractivity contribution in [2.45, 2.75) is 13.3 Å². The summed E-state index contributed by atoms with van der Waals surface area (Å²) in [6.07, 6.45) is -0.194. The number of nitrogen functional groups attached to an aromatic ring is 1. The Labute approximate surface area is 92.2 Å². The van der Waals surface area contributed by atoms with E-state index in [1.54, 1.807) is 19.1 Å². The molecule has 1 aromatic carbocycles. The van der Waals surface area contributed by atoms with Crippen LogP contribution in [0.1, 0.15) is 11.1 Å². The Morgan fingerprint density at radius 1 is 1.56 bits per heavy atom. The average molecular weight is 224 g/mol. The quantitative estimate of drug-likeness (QED) is 0.360. The van der Waals surface area contributed by atoms with Crippen LogP contribution in [0.3, 0.4) is 0 Å². The van der Waals surface area contributed by atoms with Gasteiger partial charge in [-0.1, -0.05) is 6.07 Å². The van der Waals surface area contributed by atoms with Crippen molar-refractivity contribution in [1.29, 1.82) is 0 Å². The Bertz CT molecular complexity index is 443. The molecule has 0 fully saturated rings. The van der Waals surface area contributed by atoms with Crippen molar-refractivity contribution in [1.82, 2.24) is 0 Å². The molecule has 1 rings (SSSR count). The summed E-state index contributed by atoms with van der Waals surface area (Å²) in [7, 11) is 1.22. The molecule has 0 spiro atoms. The number of aryl methyl sites for hydroxylation is 1. The maximum Gasteiger partial charge on any atom is 0.310 e. The highest BCUT2D eigenvalue weighted by Gasteiger charge is 2.22. The topological polar surface area (TPSA) is 95.5 Å². The van der Waals surface area contributed by atoms with Crippen LogP contribution in [-0.4, -0.2) is 18.0 Å². The van der Waals surface area contributed by atoms with Crippen molar-refractivity contribution < 1.29 is 14.5 Å². The zero-order chi connectivity index (χ0) is 12.3. The van der Waals surface area contributed by atoms with Crippen LogP contribution in [-0.2, 0) is 16.0 Å². The molecule has 0 saturated heterocycles. The van der Waals surface area contributed by atoms with Crippen LogP contribution < -0.4 is 5.73 Å².